The Kier molecular flexibility index (Phi) is 6.57. The van der Waals surface area contributed by atoms with Crippen LogP contribution in [0.25, 0.3) is 0 Å². The number of benzene rings is 4. The molecule has 0 radical (unpaired) electrons. The van der Waals surface area contributed by atoms with Gasteiger partial charge < -0.3 is 32.9 Å². The molecule has 5 rings (SSSR count). The van der Waals surface area contributed by atoms with Crippen LogP contribution in [0.3, 0.4) is 0 Å². The summed E-state index contributed by atoms with van der Waals surface area (Å²) >= 11 is 0. The van der Waals surface area contributed by atoms with Crippen molar-refractivity contribution >= 4 is 89.2 Å². The van der Waals surface area contributed by atoms with E-state index in [0.717, 1.165) is 0 Å². The van der Waals surface area contributed by atoms with E-state index in [9.17, 15) is 11.0 Å². The zero-order chi connectivity index (χ0) is 55.5. The zero-order valence-electron chi connectivity index (χ0n) is 51.3. The molecule has 1 aliphatic rings. The quantitative estimate of drug-likeness (QED) is 0.143. The van der Waals surface area contributed by atoms with E-state index in [2.05, 4.69) is 0 Å². The summed E-state index contributed by atoms with van der Waals surface area (Å²) in [4.78, 5) is 0. The van der Waals surface area contributed by atoms with E-state index >= 15 is 0 Å². The van der Waals surface area contributed by atoms with Crippen LogP contribution in [-0.2, 0) is 32.9 Å². The Bertz CT molecular complexity index is 2370. The highest BCUT2D eigenvalue weighted by atomic mass is 28.6. The van der Waals surface area contributed by atoms with Crippen molar-refractivity contribution < 1.29 is 60.3 Å². The van der Waals surface area contributed by atoms with Gasteiger partial charge in [0, 0.05) is 20.7 Å². The first-order valence-corrected chi connectivity index (χ1v) is 36.8. The minimum Gasteiger partial charge on any atom is -0.413 e. The lowest BCUT2D eigenvalue weighted by atomic mass is 10.4. The molecule has 0 N–H and O–H groups in total. The van der Waals surface area contributed by atoms with Crippen LogP contribution in [-0.4, -0.2) is 68.5 Å². The molecule has 1 aliphatic heterocycles. The van der Waals surface area contributed by atoms with E-state index in [0.29, 0.717) is 0 Å². The molecule has 0 aliphatic carbocycles. The Morgan fingerprint density at radius 1 is 0.327 bits per heavy atom. The first-order chi connectivity index (χ1) is 32.4. The van der Waals surface area contributed by atoms with Gasteiger partial charge in [0.05, 0.1) is 27.4 Å². The lowest BCUT2D eigenvalue weighted by Gasteiger charge is -2.53. The van der Waals surface area contributed by atoms with Gasteiger partial charge in [0.25, 0.3) is 0 Å². The highest BCUT2D eigenvalue weighted by molar-refractivity contribution is 7.06. The molecule has 1 fully saturated rings. The summed E-state index contributed by atoms with van der Waals surface area (Å²) < 4.78 is 241. The Labute approximate surface area is 348 Å². The molecule has 0 saturated carbocycles. The topological polar surface area (TPSA) is 73.8 Å². The van der Waals surface area contributed by atoms with Crippen LogP contribution in [0.4, 0.5) is 0 Å². The molecule has 8 nitrogen and oxygen atoms in total. The molecule has 0 unspecified atom stereocenters. The highest BCUT2D eigenvalue weighted by Crippen LogP contribution is 2.38. The third-order valence-corrected chi connectivity index (χ3v) is 32.2. The van der Waals surface area contributed by atoms with Crippen LogP contribution >= 0.6 is 0 Å². The number of hydrogen-bond donors (Lipinski definition) is 0. The maximum atomic E-state index is 9.56. The number of hydrogen-bond acceptors (Lipinski definition) is 8. The first-order valence-electron chi connectivity index (χ1n) is 26.3. The maximum Gasteiger partial charge on any atom is 0.512 e. The molecule has 0 spiro atoms. The van der Waals surface area contributed by atoms with Crippen LogP contribution in [0.5, 0.6) is 0 Å². The van der Waals surface area contributed by atoms with E-state index in [1.165, 1.54) is 0 Å². The smallest absolute Gasteiger partial charge is 0.413 e. The fraction of sp³-hybridized carbons (Fsp3) is 0.333. The molecule has 1 saturated heterocycles. The summed E-state index contributed by atoms with van der Waals surface area (Å²) in [6, 6.07) is -19.5. The van der Waals surface area contributed by atoms with Crippen LogP contribution in [0, 0.1) is 0 Å². The molecular weight excluding hydrogens is 785 g/mol. The largest absolute Gasteiger partial charge is 0.512 e. The van der Waals surface area contributed by atoms with Crippen LogP contribution in [0.15, 0.2) is 121 Å². The predicted octanol–water partition coefficient (Wildman–Crippen LogP) is 6.86. The van der Waals surface area contributed by atoms with Gasteiger partial charge in [-0.2, -0.15) is 0 Å². The Morgan fingerprint density at radius 2 is 0.481 bits per heavy atom. The third kappa shape index (κ3) is 10.3. The predicted molar refractivity (Wildman–Crippen MR) is 229 cm³/mol. The van der Waals surface area contributed by atoms with E-state index in [4.69, 9.17) is 49.4 Å². The molecule has 4 aromatic rings. The monoisotopic (exact) mass is 860 g/mol. The van der Waals surface area contributed by atoms with Gasteiger partial charge in [-0.1, -0.05) is 121 Å². The molecule has 280 valence electrons. The summed E-state index contributed by atoms with van der Waals surface area (Å²) in [5, 5.41) is -3.51. The minimum atomic E-state index is -6.12. The molecule has 1 heterocycles. The average Bonchev–Trinajstić information content (AvgIpc) is 3.20. The van der Waals surface area contributed by atoms with Crippen molar-refractivity contribution in [3.63, 3.8) is 0 Å². The van der Waals surface area contributed by atoms with Gasteiger partial charge >= 0.3 is 35.2 Å². The van der Waals surface area contributed by atoms with E-state index in [-0.39, 0.29) is 0 Å². The van der Waals surface area contributed by atoms with E-state index < -0.39 is 210 Å². The SMILES string of the molecule is [2H]c1c([2H])c([2H])c([Si]2(O[Si](C)(C)C)O[Si](O[Si](C)(C)C)(c3c([2H])c([2H])c([2H])c([2H])c3[2H])O[Si](O[Si](C)(C)C)(c3c([2H])c([2H])c([2H])c([2H])c3[2H])O[Si](O[Si](C)(C)C)(c3c([2H])c([2H])c([2H])c([2H])c3[2H])O2)c([2H])c1[2H]. The summed E-state index contributed by atoms with van der Waals surface area (Å²) in [7, 11) is -38.8. The summed E-state index contributed by atoms with van der Waals surface area (Å²) in [6.45, 7) is 18.9. The van der Waals surface area contributed by atoms with Crippen molar-refractivity contribution in [2.24, 2.45) is 0 Å². The summed E-state index contributed by atoms with van der Waals surface area (Å²) in [5.41, 5.74) is 0. The maximum absolute atomic E-state index is 9.56. The van der Waals surface area contributed by atoms with E-state index in [1.54, 1.807) is 78.6 Å². The van der Waals surface area contributed by atoms with Crippen LogP contribution < -0.4 is 20.7 Å². The lowest BCUT2D eigenvalue weighted by molar-refractivity contribution is 0.104. The highest BCUT2D eigenvalue weighted by Gasteiger charge is 2.72. The second kappa shape index (κ2) is 15.4. The zero-order valence-corrected chi connectivity index (χ0v) is 39.3. The van der Waals surface area contributed by atoms with Gasteiger partial charge in [-0.15, -0.1) is 0 Å². The van der Waals surface area contributed by atoms with Crippen molar-refractivity contribution in [1.29, 1.82) is 0 Å². The Hall–Kier alpha value is -1.70. The minimum absolute atomic E-state index is 0.877. The number of rotatable bonds is 12. The van der Waals surface area contributed by atoms with Gasteiger partial charge in [0.1, 0.15) is 0 Å². The van der Waals surface area contributed by atoms with Crippen molar-refractivity contribution in [2.75, 3.05) is 0 Å². The van der Waals surface area contributed by atoms with Crippen molar-refractivity contribution in [3.05, 3.63) is 121 Å². The molecule has 0 amide bonds. The Balaban J connectivity index is 2.39. The van der Waals surface area contributed by atoms with Gasteiger partial charge in [-0.05, 0) is 78.6 Å². The third-order valence-electron chi connectivity index (χ3n) is 6.06. The van der Waals surface area contributed by atoms with Gasteiger partial charge in [-0.25, -0.2) is 0 Å². The molecule has 0 bridgehead atoms. The standard InChI is InChI=1S/C36H56O8Si8/c1-45(2,3)37-49(33-25-17-13-18-26-33)41-50(38-46(4,5)6,34-27-19-14-20-28-34)43-52(40-48(10,11)12,36-31-23-16-24-32-36)44-51(42-49,39-47(7,8)9)35-29-21-15-22-30-35/h13-32H,1-12H3/i13D,14D,15D,16D,17D,18D,19D,20D,21D,22D,23D,24D,25D,26D,27D,28D,29D,30D,31D,32D. The molecule has 52 heavy (non-hydrogen) atoms. The molecule has 0 atom stereocenters. The lowest BCUT2D eigenvalue weighted by Crippen LogP contribution is -2.84. The normalized spacial score (nSPS) is 31.8. The van der Waals surface area contributed by atoms with Gasteiger partial charge in [0.2, 0.25) is 0 Å². The Morgan fingerprint density at radius 3 is 0.615 bits per heavy atom. The fourth-order valence-corrected chi connectivity index (χ4v) is 36.5. The van der Waals surface area contributed by atoms with Gasteiger partial charge in [0.15, 0.2) is 33.3 Å². The molecular formula is C36H56O8Si8. The molecule has 4 aromatic carbocycles. The van der Waals surface area contributed by atoms with Crippen LogP contribution in [0.1, 0.15) is 27.4 Å². The van der Waals surface area contributed by atoms with Crippen molar-refractivity contribution in [3.8, 4) is 0 Å². The van der Waals surface area contributed by atoms with Crippen molar-refractivity contribution in [2.45, 2.75) is 78.6 Å². The second-order valence-corrected chi connectivity index (χ2v) is 45.4. The summed E-state index contributed by atoms with van der Waals surface area (Å²) in [6.07, 6.45) is 0. The first kappa shape index (κ1) is 22.1. The van der Waals surface area contributed by atoms with E-state index in [1.807, 2.05) is 0 Å². The van der Waals surface area contributed by atoms with Crippen LogP contribution in [0.2, 0.25) is 78.6 Å². The average molecular weight is 862 g/mol. The summed E-state index contributed by atoms with van der Waals surface area (Å²) in [5.74, 6) is 0. The van der Waals surface area contributed by atoms with Gasteiger partial charge in [-0.3, -0.25) is 0 Å². The molecule has 0 aromatic heterocycles. The molecule has 16 heteroatoms. The second-order valence-electron chi connectivity index (χ2n) is 15.5. The van der Waals surface area contributed by atoms with Crippen molar-refractivity contribution in [1.82, 2.24) is 0 Å². The fourth-order valence-electron chi connectivity index (χ4n) is 4.79.